The van der Waals surface area contributed by atoms with Crippen LogP contribution in [0.15, 0.2) is 32.5 Å². The summed E-state index contributed by atoms with van der Waals surface area (Å²) in [5.41, 5.74) is -1.11. The minimum absolute atomic E-state index is 0.485. The van der Waals surface area contributed by atoms with Crippen molar-refractivity contribution in [3.63, 3.8) is 0 Å². The Morgan fingerprint density at radius 3 is 3.00 bits per heavy atom. The smallest absolute Gasteiger partial charge is 0.354 e. The molecule has 4 heteroatoms. The zero-order valence-corrected chi connectivity index (χ0v) is 4.40. The van der Waals surface area contributed by atoms with Gasteiger partial charge in [0.1, 0.15) is 12.5 Å². The second kappa shape index (κ2) is 2.21. The average molecular weight is 125 g/mol. The summed E-state index contributed by atoms with van der Waals surface area (Å²) in [4.78, 5) is 23.7. The lowest BCUT2D eigenvalue weighted by Crippen LogP contribution is -1.99. The summed E-state index contributed by atoms with van der Waals surface area (Å²) in [5, 5.41) is 0. The third kappa shape index (κ3) is 1.49. The fourth-order valence-corrected chi connectivity index (χ4v) is 0.349. The maximum absolute atomic E-state index is 10.3. The molecule has 1 heterocycles. The predicted octanol–water partition coefficient (Wildman–Crippen LogP) is -0.605. The van der Waals surface area contributed by atoms with Crippen molar-refractivity contribution in [3.05, 3.63) is 39.3 Å². The highest BCUT2D eigenvalue weighted by Crippen LogP contribution is 1.61. The molecule has 0 aliphatic heterocycles. The molecule has 0 spiro atoms. The first-order valence-electron chi connectivity index (χ1n) is 2.24. The van der Waals surface area contributed by atoms with Gasteiger partial charge in [-0.3, -0.25) is 4.79 Å². The van der Waals surface area contributed by atoms with Crippen molar-refractivity contribution >= 4 is 0 Å². The van der Waals surface area contributed by atoms with E-state index >= 15 is 0 Å². The first kappa shape index (κ1) is 5.68. The number of nitrogens with zero attached hydrogens (tertiary/aromatic N) is 1. The SMILES string of the molecule is O=c1ccoc(=O)cn1. The van der Waals surface area contributed by atoms with Crippen LogP contribution in [-0.4, -0.2) is 4.98 Å². The van der Waals surface area contributed by atoms with Gasteiger partial charge in [0.15, 0.2) is 0 Å². The molecule has 0 aromatic carbocycles. The Morgan fingerprint density at radius 2 is 2.22 bits per heavy atom. The van der Waals surface area contributed by atoms with Crippen molar-refractivity contribution in [3.8, 4) is 0 Å². The van der Waals surface area contributed by atoms with E-state index in [4.69, 9.17) is 0 Å². The van der Waals surface area contributed by atoms with Gasteiger partial charge in [-0.2, -0.15) is 0 Å². The van der Waals surface area contributed by atoms with E-state index in [-0.39, 0.29) is 0 Å². The van der Waals surface area contributed by atoms with Crippen molar-refractivity contribution in [2.75, 3.05) is 0 Å². The van der Waals surface area contributed by atoms with Crippen LogP contribution < -0.4 is 11.2 Å². The van der Waals surface area contributed by atoms with Gasteiger partial charge >= 0.3 is 5.63 Å². The largest absolute Gasteiger partial charge is 0.430 e. The minimum atomic E-state index is -0.628. The molecule has 1 rings (SSSR count). The molecule has 0 aliphatic rings. The number of hydrogen-bond donors (Lipinski definition) is 0. The number of hydrogen-bond acceptors (Lipinski definition) is 4. The molecule has 4 nitrogen and oxygen atoms in total. The Labute approximate surface area is 49.8 Å². The van der Waals surface area contributed by atoms with E-state index in [2.05, 4.69) is 9.40 Å². The highest BCUT2D eigenvalue weighted by Gasteiger charge is 1.79. The Bertz CT molecular complexity index is 274. The molecule has 0 aliphatic carbocycles. The second-order valence-corrected chi connectivity index (χ2v) is 1.34. The molecule has 0 amide bonds. The monoisotopic (exact) mass is 125 g/mol. The Morgan fingerprint density at radius 1 is 1.44 bits per heavy atom. The fourth-order valence-electron chi connectivity index (χ4n) is 0.349. The van der Waals surface area contributed by atoms with E-state index in [1.165, 1.54) is 0 Å². The Balaban J connectivity index is 3.51. The van der Waals surface area contributed by atoms with Crippen molar-refractivity contribution < 1.29 is 4.42 Å². The molecule has 0 bridgehead atoms. The molecule has 0 radical (unpaired) electrons. The van der Waals surface area contributed by atoms with E-state index in [0.717, 1.165) is 18.5 Å². The molecule has 46 valence electrons. The normalized spacial score (nSPS) is 8.89. The lowest BCUT2D eigenvalue weighted by atomic mass is 10.7. The maximum atomic E-state index is 10.3. The first-order chi connectivity index (χ1) is 4.29. The van der Waals surface area contributed by atoms with Crippen molar-refractivity contribution in [2.24, 2.45) is 0 Å². The van der Waals surface area contributed by atoms with Gasteiger partial charge in [0, 0.05) is 6.07 Å². The topological polar surface area (TPSA) is 60.2 Å². The predicted molar refractivity (Wildman–Crippen MR) is 29.0 cm³/mol. The fraction of sp³-hybridized carbons (Fsp3) is 0. The van der Waals surface area contributed by atoms with Crippen LogP contribution in [0.5, 0.6) is 0 Å². The minimum Gasteiger partial charge on any atom is -0.430 e. The van der Waals surface area contributed by atoms with Crippen LogP contribution in [0.4, 0.5) is 0 Å². The lowest BCUT2D eigenvalue weighted by molar-refractivity contribution is 0.515. The quantitative estimate of drug-likeness (QED) is 0.464. The van der Waals surface area contributed by atoms with Crippen LogP contribution >= 0.6 is 0 Å². The van der Waals surface area contributed by atoms with Crippen molar-refractivity contribution in [1.29, 1.82) is 0 Å². The lowest BCUT2D eigenvalue weighted by Gasteiger charge is -1.59. The average Bonchev–Trinajstić information content (AvgIpc) is 1.97. The van der Waals surface area contributed by atoms with Crippen LogP contribution in [-0.2, 0) is 0 Å². The van der Waals surface area contributed by atoms with E-state index in [9.17, 15) is 9.59 Å². The Hall–Kier alpha value is -1.45. The molecule has 0 atom stereocenters. The van der Waals surface area contributed by atoms with Crippen molar-refractivity contribution in [1.82, 2.24) is 4.98 Å². The molecule has 0 saturated heterocycles. The number of rotatable bonds is 0. The molecule has 0 N–H and O–H groups in total. The molecule has 9 heavy (non-hydrogen) atoms. The molecule has 0 saturated carbocycles. The van der Waals surface area contributed by atoms with E-state index in [1.807, 2.05) is 0 Å². The second-order valence-electron chi connectivity index (χ2n) is 1.34. The van der Waals surface area contributed by atoms with Crippen LogP contribution in [0.25, 0.3) is 0 Å². The summed E-state index contributed by atoms with van der Waals surface area (Å²) in [6, 6.07) is 1.07. The third-order valence-corrected chi connectivity index (χ3v) is 0.692. The molecular weight excluding hydrogens is 122 g/mol. The van der Waals surface area contributed by atoms with Crippen molar-refractivity contribution in [2.45, 2.75) is 0 Å². The van der Waals surface area contributed by atoms with Crippen LogP contribution in [0.1, 0.15) is 0 Å². The molecule has 1 aromatic rings. The van der Waals surface area contributed by atoms with Gasteiger partial charge in [-0.05, 0) is 0 Å². The van der Waals surface area contributed by atoms with Gasteiger partial charge in [0.25, 0.3) is 5.56 Å². The van der Waals surface area contributed by atoms with Gasteiger partial charge in [0.2, 0.25) is 0 Å². The summed E-state index contributed by atoms with van der Waals surface area (Å²) in [6.07, 6.45) is 1.85. The zero-order chi connectivity index (χ0) is 6.69. The third-order valence-electron chi connectivity index (χ3n) is 0.692. The molecule has 0 unspecified atom stereocenters. The van der Waals surface area contributed by atoms with Crippen LogP contribution in [0, 0.1) is 0 Å². The van der Waals surface area contributed by atoms with Gasteiger partial charge in [-0.15, -0.1) is 0 Å². The zero-order valence-electron chi connectivity index (χ0n) is 4.40. The standard InChI is InChI=1S/C5H3NO3/c7-4-1-2-9-5(8)3-6-4/h1-3H. The number of aromatic nitrogens is 1. The summed E-state index contributed by atoms with van der Waals surface area (Å²) >= 11 is 0. The maximum Gasteiger partial charge on any atom is 0.354 e. The summed E-state index contributed by atoms with van der Waals surface area (Å²) < 4.78 is 4.28. The van der Waals surface area contributed by atoms with E-state index < -0.39 is 11.2 Å². The summed E-state index contributed by atoms with van der Waals surface area (Å²) in [6.45, 7) is 0. The van der Waals surface area contributed by atoms with Gasteiger partial charge in [0.05, 0.1) is 0 Å². The van der Waals surface area contributed by atoms with E-state index in [1.54, 1.807) is 0 Å². The Kier molecular flexibility index (Phi) is 1.40. The molecule has 1 aromatic heterocycles. The van der Waals surface area contributed by atoms with E-state index in [0.29, 0.717) is 0 Å². The van der Waals surface area contributed by atoms with Crippen LogP contribution in [0.2, 0.25) is 0 Å². The van der Waals surface area contributed by atoms with Gasteiger partial charge in [-0.1, -0.05) is 0 Å². The van der Waals surface area contributed by atoms with Gasteiger partial charge < -0.3 is 4.42 Å². The highest BCUT2D eigenvalue weighted by atomic mass is 16.4. The summed E-state index contributed by atoms with van der Waals surface area (Å²) in [5.74, 6) is 0. The first-order valence-corrected chi connectivity index (χ1v) is 2.24. The van der Waals surface area contributed by atoms with Gasteiger partial charge in [-0.25, -0.2) is 9.78 Å². The summed E-state index contributed by atoms with van der Waals surface area (Å²) in [7, 11) is 0. The highest BCUT2D eigenvalue weighted by molar-refractivity contribution is 4.75. The molecular formula is C5H3NO3. The molecule has 0 fully saturated rings. The van der Waals surface area contributed by atoms with Crippen LogP contribution in [0.3, 0.4) is 0 Å².